The Bertz CT molecular complexity index is 705. The number of nitrogens with two attached hydrogens (primary N) is 2. The van der Waals surface area contributed by atoms with Crippen LogP contribution in [-0.4, -0.2) is 13.2 Å². The van der Waals surface area contributed by atoms with Crippen LogP contribution in [0.4, 0.5) is 5.69 Å². The molecule has 0 aliphatic rings. The van der Waals surface area contributed by atoms with Gasteiger partial charge < -0.3 is 20.6 Å². The van der Waals surface area contributed by atoms with Crippen LogP contribution < -0.4 is 17.1 Å². The molecule has 0 atom stereocenters. The van der Waals surface area contributed by atoms with Gasteiger partial charge in [0.2, 0.25) is 0 Å². The van der Waals surface area contributed by atoms with Crippen molar-refractivity contribution in [3.8, 4) is 0 Å². The highest BCUT2D eigenvalue weighted by Gasteiger charge is 2.10. The van der Waals surface area contributed by atoms with Crippen LogP contribution in [0.2, 0.25) is 0 Å². The molecule has 0 bridgehead atoms. The lowest BCUT2D eigenvalue weighted by Crippen LogP contribution is -2.10. The first-order chi connectivity index (χ1) is 11.1. The van der Waals surface area contributed by atoms with Crippen molar-refractivity contribution in [2.24, 2.45) is 5.73 Å². The smallest absolute Gasteiger partial charge is 0.345 e. The number of anilines is 1. The Hall–Kier alpha value is -2.27. The number of hydrogen-bond donors (Lipinski definition) is 2. The lowest BCUT2D eigenvalue weighted by molar-refractivity contribution is 0.145. The summed E-state index contributed by atoms with van der Waals surface area (Å²) in [6.45, 7) is 7.28. The predicted molar refractivity (Wildman–Crippen MR) is 96.1 cm³/mol. The second kappa shape index (κ2) is 9.69. The Balaban J connectivity index is 0.00000127. The Kier molecular flexibility index (Phi) is 7.91. The van der Waals surface area contributed by atoms with Crippen LogP contribution in [0.3, 0.4) is 0 Å². The number of ether oxygens (including phenoxy) is 1. The van der Waals surface area contributed by atoms with Gasteiger partial charge in [0.1, 0.15) is 5.58 Å². The monoisotopic (exact) mass is 318 g/mol. The topological polar surface area (TPSA) is 91.5 Å². The van der Waals surface area contributed by atoms with Crippen molar-refractivity contribution < 1.29 is 9.15 Å². The van der Waals surface area contributed by atoms with Gasteiger partial charge in [-0.05, 0) is 38.0 Å². The van der Waals surface area contributed by atoms with E-state index in [-0.39, 0.29) is 0 Å². The largest absolute Gasteiger partial charge is 0.422 e. The number of para-hydroxylation sites is 1. The highest BCUT2D eigenvalue weighted by molar-refractivity contribution is 5.92. The number of fused-ring (bicyclic) bond motifs is 1. The summed E-state index contributed by atoms with van der Waals surface area (Å²) in [4.78, 5) is 12.0. The molecule has 0 amide bonds. The molecule has 0 aliphatic carbocycles. The molecule has 5 nitrogen and oxygen atoms in total. The number of hydrogen-bond acceptors (Lipinski definition) is 5. The van der Waals surface area contributed by atoms with E-state index in [9.17, 15) is 4.79 Å². The molecule has 4 N–H and O–H groups in total. The average Bonchev–Trinajstić information content (AvgIpc) is 2.57. The summed E-state index contributed by atoms with van der Waals surface area (Å²) in [5.74, 6) is 0. The van der Waals surface area contributed by atoms with Crippen LogP contribution in [0.25, 0.3) is 17.0 Å². The van der Waals surface area contributed by atoms with Gasteiger partial charge in [0.05, 0.1) is 11.3 Å². The molecule has 0 fully saturated rings. The standard InChI is InChI=1S/C16H20N2O3.C2H6/c1-2-20-9-5-6-11(17)10-13-15(18)12-7-3-4-8-14(12)21-16(13)19;1-2/h3-4,7-8,10H,2,5-6,9,17-18H2,1H3;1-2H3/b11-10-;. The molecule has 0 unspecified atom stereocenters. The van der Waals surface area contributed by atoms with Crippen molar-refractivity contribution in [3.63, 3.8) is 0 Å². The van der Waals surface area contributed by atoms with Crippen LogP contribution in [-0.2, 0) is 4.74 Å². The van der Waals surface area contributed by atoms with Crippen molar-refractivity contribution in [2.75, 3.05) is 18.9 Å². The van der Waals surface area contributed by atoms with E-state index in [0.717, 1.165) is 6.42 Å². The van der Waals surface area contributed by atoms with Gasteiger partial charge in [0, 0.05) is 24.3 Å². The van der Waals surface area contributed by atoms with E-state index < -0.39 is 5.63 Å². The fourth-order valence-corrected chi connectivity index (χ4v) is 2.10. The summed E-state index contributed by atoms with van der Waals surface area (Å²) < 4.78 is 10.5. The minimum atomic E-state index is -0.473. The molecule has 1 heterocycles. The molecule has 23 heavy (non-hydrogen) atoms. The first-order valence-electron chi connectivity index (χ1n) is 7.98. The lowest BCUT2D eigenvalue weighted by Gasteiger charge is -2.06. The van der Waals surface area contributed by atoms with Crippen LogP contribution in [0.5, 0.6) is 0 Å². The molecular formula is C18H26N2O3. The highest BCUT2D eigenvalue weighted by atomic mass is 16.5. The zero-order chi connectivity index (χ0) is 17.2. The van der Waals surface area contributed by atoms with Gasteiger partial charge in [-0.15, -0.1) is 0 Å². The third-order valence-electron chi connectivity index (χ3n) is 3.18. The third-order valence-corrected chi connectivity index (χ3v) is 3.18. The average molecular weight is 318 g/mol. The molecule has 0 radical (unpaired) electrons. The van der Waals surface area contributed by atoms with E-state index in [1.54, 1.807) is 18.2 Å². The first kappa shape index (κ1) is 18.8. The van der Waals surface area contributed by atoms with Crippen molar-refractivity contribution in [2.45, 2.75) is 33.6 Å². The van der Waals surface area contributed by atoms with E-state index in [4.69, 9.17) is 20.6 Å². The number of rotatable bonds is 6. The molecule has 0 aliphatic heterocycles. The molecule has 0 spiro atoms. The Morgan fingerprint density at radius 2 is 2.00 bits per heavy atom. The maximum absolute atomic E-state index is 12.0. The molecule has 1 aromatic heterocycles. The van der Waals surface area contributed by atoms with Crippen molar-refractivity contribution >= 4 is 22.7 Å². The van der Waals surface area contributed by atoms with E-state index in [2.05, 4.69) is 0 Å². The van der Waals surface area contributed by atoms with Crippen LogP contribution in [0.1, 0.15) is 39.2 Å². The summed E-state index contributed by atoms with van der Waals surface area (Å²) in [5, 5.41) is 0.713. The van der Waals surface area contributed by atoms with Gasteiger partial charge in [-0.3, -0.25) is 0 Å². The van der Waals surface area contributed by atoms with Crippen molar-refractivity contribution in [1.29, 1.82) is 0 Å². The summed E-state index contributed by atoms with van der Waals surface area (Å²) in [7, 11) is 0. The molecule has 0 saturated carbocycles. The van der Waals surface area contributed by atoms with Crippen molar-refractivity contribution in [3.05, 3.63) is 45.9 Å². The molecule has 2 aromatic rings. The summed E-state index contributed by atoms with van der Waals surface area (Å²) >= 11 is 0. The molecule has 5 heteroatoms. The second-order valence-electron chi connectivity index (χ2n) is 4.73. The summed E-state index contributed by atoms with van der Waals surface area (Å²) in [6, 6.07) is 7.17. The van der Waals surface area contributed by atoms with Crippen LogP contribution in [0.15, 0.2) is 39.2 Å². The predicted octanol–water partition coefficient (Wildman–Crippen LogP) is 3.52. The van der Waals surface area contributed by atoms with Crippen LogP contribution in [0, 0.1) is 0 Å². The number of nitrogen functional groups attached to an aromatic ring is 1. The SMILES string of the molecule is CC.CCOCCC/C(N)=C/c1c(N)c2ccccc2oc1=O. The quantitative estimate of drug-likeness (QED) is 0.628. The van der Waals surface area contributed by atoms with Gasteiger partial charge in [-0.1, -0.05) is 26.0 Å². The fourth-order valence-electron chi connectivity index (χ4n) is 2.10. The minimum absolute atomic E-state index is 0.308. The van der Waals surface area contributed by atoms with E-state index in [1.165, 1.54) is 0 Å². The minimum Gasteiger partial charge on any atom is -0.422 e. The number of allylic oxidation sites excluding steroid dienone is 1. The molecule has 0 saturated heterocycles. The maximum Gasteiger partial charge on any atom is 0.345 e. The first-order valence-corrected chi connectivity index (χ1v) is 7.98. The highest BCUT2D eigenvalue weighted by Crippen LogP contribution is 2.23. The lowest BCUT2D eigenvalue weighted by atomic mass is 10.1. The summed E-state index contributed by atoms with van der Waals surface area (Å²) in [5.41, 5.74) is 13.3. The second-order valence-corrected chi connectivity index (χ2v) is 4.73. The molecule has 2 rings (SSSR count). The van der Waals surface area contributed by atoms with Gasteiger partial charge >= 0.3 is 5.63 Å². The zero-order valence-corrected chi connectivity index (χ0v) is 14.1. The van der Waals surface area contributed by atoms with E-state index >= 15 is 0 Å². The fraction of sp³-hybridized carbons (Fsp3) is 0.389. The molecular weight excluding hydrogens is 292 g/mol. The Labute approximate surface area is 136 Å². The van der Waals surface area contributed by atoms with Gasteiger partial charge in [-0.25, -0.2) is 4.79 Å². The van der Waals surface area contributed by atoms with E-state index in [1.807, 2.05) is 32.9 Å². The summed E-state index contributed by atoms with van der Waals surface area (Å²) in [6.07, 6.45) is 3.04. The van der Waals surface area contributed by atoms with Gasteiger partial charge in [0.25, 0.3) is 0 Å². The molecule has 1 aromatic carbocycles. The van der Waals surface area contributed by atoms with Crippen molar-refractivity contribution in [1.82, 2.24) is 0 Å². The normalized spacial score (nSPS) is 11.2. The zero-order valence-electron chi connectivity index (χ0n) is 14.1. The van der Waals surface area contributed by atoms with Gasteiger partial charge in [0.15, 0.2) is 0 Å². The Morgan fingerprint density at radius 3 is 2.70 bits per heavy atom. The maximum atomic E-state index is 12.0. The number of benzene rings is 1. The Morgan fingerprint density at radius 1 is 1.30 bits per heavy atom. The van der Waals surface area contributed by atoms with Gasteiger partial charge in [-0.2, -0.15) is 0 Å². The van der Waals surface area contributed by atoms with E-state index in [0.29, 0.717) is 47.6 Å². The van der Waals surface area contributed by atoms with Crippen LogP contribution >= 0.6 is 0 Å². The third kappa shape index (κ3) is 5.14. The molecule has 126 valence electrons.